The lowest BCUT2D eigenvalue weighted by atomic mass is 9.90. The van der Waals surface area contributed by atoms with Gasteiger partial charge < -0.3 is 15.8 Å². The average molecular weight is 458 g/mol. The third kappa shape index (κ3) is 8.11. The minimum atomic E-state index is -4.63. The smallest absolute Gasteiger partial charge is 0.408 e. The van der Waals surface area contributed by atoms with Crippen LogP contribution in [0.15, 0.2) is 42.8 Å². The zero-order chi connectivity index (χ0) is 24.9. The van der Waals surface area contributed by atoms with Crippen molar-refractivity contribution in [3.05, 3.63) is 59.7 Å². The maximum atomic E-state index is 13.6. The van der Waals surface area contributed by atoms with Gasteiger partial charge in [0.05, 0.1) is 16.9 Å². The standard InChI is InChI=1S/C23H31F4N3O2/c1-8-16(24)10-9-14(2)18-11-15(12-19(29-18)17(13-28)23(25,26)27)22(6,7)30-20(31)32-21(3,4)5/h8-12,17H,2,13,28H2,1,3-7H3,(H,30,31)/b10-9-,16-8+. The third-order valence-electron chi connectivity index (χ3n) is 4.42. The van der Waals surface area contributed by atoms with Gasteiger partial charge in [-0.25, -0.2) is 9.18 Å². The lowest BCUT2D eigenvalue weighted by molar-refractivity contribution is -0.148. The van der Waals surface area contributed by atoms with Gasteiger partial charge in [-0.3, -0.25) is 4.98 Å². The Morgan fingerprint density at radius 2 is 1.81 bits per heavy atom. The van der Waals surface area contributed by atoms with Crippen LogP contribution in [-0.4, -0.2) is 29.4 Å². The molecule has 0 radical (unpaired) electrons. The third-order valence-corrected chi connectivity index (χ3v) is 4.42. The van der Waals surface area contributed by atoms with Crippen LogP contribution in [0.5, 0.6) is 0 Å². The van der Waals surface area contributed by atoms with E-state index in [1.165, 1.54) is 31.2 Å². The minimum absolute atomic E-state index is 0.0967. The highest BCUT2D eigenvalue weighted by atomic mass is 19.4. The number of alkyl halides is 3. The number of amides is 1. The molecule has 0 saturated heterocycles. The summed E-state index contributed by atoms with van der Waals surface area (Å²) in [5, 5.41) is 2.66. The Morgan fingerprint density at radius 1 is 1.22 bits per heavy atom. The van der Waals surface area contributed by atoms with Crippen molar-refractivity contribution in [1.82, 2.24) is 10.3 Å². The molecule has 1 aromatic heterocycles. The minimum Gasteiger partial charge on any atom is -0.444 e. The molecule has 32 heavy (non-hydrogen) atoms. The second-order valence-corrected chi connectivity index (χ2v) is 8.78. The van der Waals surface area contributed by atoms with Crippen LogP contribution in [0.25, 0.3) is 5.57 Å². The first-order valence-electron chi connectivity index (χ1n) is 9.99. The first-order chi connectivity index (χ1) is 14.5. The van der Waals surface area contributed by atoms with Gasteiger partial charge in [0.25, 0.3) is 0 Å². The summed E-state index contributed by atoms with van der Waals surface area (Å²) in [6.45, 7) is 12.9. The monoisotopic (exact) mass is 457 g/mol. The Hall–Kier alpha value is -2.68. The fraction of sp³-hybridized carbons (Fsp3) is 0.478. The molecule has 1 heterocycles. The summed E-state index contributed by atoms with van der Waals surface area (Å²) in [7, 11) is 0. The molecule has 0 aliphatic heterocycles. The van der Waals surface area contributed by atoms with Crippen LogP contribution in [0.2, 0.25) is 0 Å². The van der Waals surface area contributed by atoms with E-state index in [9.17, 15) is 22.4 Å². The first-order valence-corrected chi connectivity index (χ1v) is 9.99. The van der Waals surface area contributed by atoms with Crippen LogP contribution >= 0.6 is 0 Å². The molecule has 0 spiro atoms. The summed E-state index contributed by atoms with van der Waals surface area (Å²) < 4.78 is 59.4. The number of allylic oxidation sites excluding steroid dienone is 5. The SMILES string of the molecule is C=C(/C=C\C(F)=C/C)c1cc(C(C)(C)NC(=O)OC(C)(C)C)cc(C(CN)C(F)(F)F)n1. The topological polar surface area (TPSA) is 77.2 Å². The van der Waals surface area contributed by atoms with Crippen molar-refractivity contribution >= 4 is 11.7 Å². The molecule has 1 rings (SSSR count). The molecule has 0 aliphatic carbocycles. The van der Waals surface area contributed by atoms with Gasteiger partial charge >= 0.3 is 12.3 Å². The molecule has 178 valence electrons. The molecule has 1 atom stereocenters. The number of ether oxygens (including phenoxy) is 1. The average Bonchev–Trinajstić information content (AvgIpc) is 2.62. The molecule has 1 unspecified atom stereocenters. The number of pyridine rings is 1. The summed E-state index contributed by atoms with van der Waals surface area (Å²) in [6.07, 6.45) is -1.70. The number of nitrogens with one attached hydrogen (secondary N) is 1. The summed E-state index contributed by atoms with van der Waals surface area (Å²) >= 11 is 0. The van der Waals surface area contributed by atoms with E-state index in [0.717, 1.165) is 6.08 Å². The maximum Gasteiger partial charge on any atom is 0.408 e. The van der Waals surface area contributed by atoms with Crippen LogP contribution in [0, 0.1) is 0 Å². The van der Waals surface area contributed by atoms with Gasteiger partial charge in [-0.15, -0.1) is 0 Å². The molecule has 3 N–H and O–H groups in total. The molecular weight excluding hydrogens is 426 g/mol. The zero-order valence-electron chi connectivity index (χ0n) is 19.2. The number of nitrogens with two attached hydrogens (primary N) is 1. The molecule has 5 nitrogen and oxygen atoms in total. The van der Waals surface area contributed by atoms with Gasteiger partial charge in [0.2, 0.25) is 0 Å². The summed E-state index contributed by atoms with van der Waals surface area (Å²) in [5.41, 5.74) is 3.80. The Kier molecular flexibility index (Phi) is 8.80. The Bertz CT molecular complexity index is 897. The molecule has 1 aromatic rings. The molecule has 0 fully saturated rings. The van der Waals surface area contributed by atoms with Crippen LogP contribution in [0.4, 0.5) is 22.4 Å². The van der Waals surface area contributed by atoms with Crippen molar-refractivity contribution in [3.63, 3.8) is 0 Å². The summed E-state index contributed by atoms with van der Waals surface area (Å²) in [5.74, 6) is -2.56. The highest BCUT2D eigenvalue weighted by Crippen LogP contribution is 2.35. The van der Waals surface area contributed by atoms with Crippen LogP contribution < -0.4 is 11.1 Å². The Morgan fingerprint density at radius 3 is 2.28 bits per heavy atom. The zero-order valence-corrected chi connectivity index (χ0v) is 19.2. The molecule has 0 aromatic carbocycles. The van der Waals surface area contributed by atoms with Crippen molar-refractivity contribution in [2.45, 2.75) is 64.8 Å². The maximum absolute atomic E-state index is 13.6. The fourth-order valence-electron chi connectivity index (χ4n) is 2.67. The molecular formula is C23H31F4N3O2. The summed E-state index contributed by atoms with van der Waals surface area (Å²) in [4.78, 5) is 16.4. The highest BCUT2D eigenvalue weighted by molar-refractivity contribution is 5.72. The van der Waals surface area contributed by atoms with E-state index in [-0.39, 0.29) is 17.0 Å². The Labute approximate surface area is 186 Å². The predicted octanol–water partition coefficient (Wildman–Crippen LogP) is 5.89. The van der Waals surface area contributed by atoms with E-state index in [1.54, 1.807) is 34.6 Å². The normalized spacial score (nSPS) is 14.4. The number of hydrogen-bond acceptors (Lipinski definition) is 4. The largest absolute Gasteiger partial charge is 0.444 e. The molecule has 9 heteroatoms. The number of rotatable bonds is 7. The van der Waals surface area contributed by atoms with E-state index in [2.05, 4.69) is 16.9 Å². The number of alkyl carbamates (subject to hydrolysis) is 1. The van der Waals surface area contributed by atoms with Crippen molar-refractivity contribution < 1.29 is 27.1 Å². The van der Waals surface area contributed by atoms with Crippen molar-refractivity contribution in [1.29, 1.82) is 0 Å². The van der Waals surface area contributed by atoms with E-state index >= 15 is 0 Å². The number of nitrogens with zero attached hydrogens (tertiary/aromatic N) is 1. The van der Waals surface area contributed by atoms with Gasteiger partial charge in [-0.05, 0) is 70.9 Å². The summed E-state index contributed by atoms with van der Waals surface area (Å²) in [6, 6.07) is 2.74. The van der Waals surface area contributed by atoms with E-state index < -0.39 is 41.7 Å². The molecule has 0 bridgehead atoms. The highest BCUT2D eigenvalue weighted by Gasteiger charge is 2.41. The lowest BCUT2D eigenvalue weighted by Crippen LogP contribution is -2.44. The number of halogens is 4. The molecule has 0 saturated carbocycles. The number of carbonyl (C=O) groups is 1. The number of carbonyl (C=O) groups excluding carboxylic acids is 1. The van der Waals surface area contributed by atoms with Gasteiger partial charge in [0.15, 0.2) is 0 Å². The fourth-order valence-corrected chi connectivity index (χ4v) is 2.67. The predicted molar refractivity (Wildman–Crippen MR) is 118 cm³/mol. The van der Waals surface area contributed by atoms with Gasteiger partial charge in [-0.2, -0.15) is 13.2 Å². The second kappa shape index (κ2) is 10.3. The number of hydrogen-bond donors (Lipinski definition) is 2. The molecule has 1 amide bonds. The van der Waals surface area contributed by atoms with Crippen LogP contribution in [-0.2, 0) is 10.3 Å². The van der Waals surface area contributed by atoms with E-state index in [0.29, 0.717) is 5.56 Å². The van der Waals surface area contributed by atoms with Crippen LogP contribution in [0.3, 0.4) is 0 Å². The quantitative estimate of drug-likeness (QED) is 0.395. The van der Waals surface area contributed by atoms with E-state index in [4.69, 9.17) is 10.5 Å². The lowest BCUT2D eigenvalue weighted by Gasteiger charge is -2.30. The van der Waals surface area contributed by atoms with Gasteiger partial charge in [0.1, 0.15) is 17.3 Å². The van der Waals surface area contributed by atoms with Gasteiger partial charge in [-0.1, -0.05) is 18.7 Å². The Balaban J connectivity index is 3.53. The van der Waals surface area contributed by atoms with E-state index in [1.807, 2.05) is 0 Å². The van der Waals surface area contributed by atoms with Crippen molar-refractivity contribution in [3.8, 4) is 0 Å². The molecule has 0 aliphatic rings. The van der Waals surface area contributed by atoms with Crippen molar-refractivity contribution in [2.75, 3.05) is 6.54 Å². The first kappa shape index (κ1) is 27.4. The van der Waals surface area contributed by atoms with Gasteiger partial charge in [0, 0.05) is 6.54 Å². The van der Waals surface area contributed by atoms with Crippen molar-refractivity contribution in [2.24, 2.45) is 5.73 Å². The van der Waals surface area contributed by atoms with Crippen LogP contribution in [0.1, 0.15) is 64.4 Å². The second-order valence-electron chi connectivity index (χ2n) is 8.78. The number of aromatic nitrogens is 1.